The molecule has 0 aromatic carbocycles. The van der Waals surface area contributed by atoms with Gasteiger partial charge in [-0.25, -0.2) is 4.98 Å². The maximum atomic E-state index is 12.3. The van der Waals surface area contributed by atoms with E-state index in [2.05, 4.69) is 10.3 Å². The normalized spacial score (nSPS) is 18.2. The average Bonchev–Trinajstić information content (AvgIpc) is 2.77. The molecule has 1 atom stereocenters. The third kappa shape index (κ3) is 4.48. The van der Waals surface area contributed by atoms with Gasteiger partial charge in [-0.2, -0.15) is 0 Å². The molecule has 126 valence electrons. The molecular weight excluding hydrogens is 341 g/mol. The van der Waals surface area contributed by atoms with E-state index in [1.54, 1.807) is 7.05 Å². The summed E-state index contributed by atoms with van der Waals surface area (Å²) >= 11 is 11.8. The van der Waals surface area contributed by atoms with Gasteiger partial charge in [0.1, 0.15) is 17.7 Å². The highest BCUT2D eigenvalue weighted by atomic mass is 35.5. The Hall–Kier alpha value is -1.53. The number of halogens is 2. The summed E-state index contributed by atoms with van der Waals surface area (Å²) in [4.78, 5) is 29.3. The van der Waals surface area contributed by atoms with Gasteiger partial charge in [0.05, 0.1) is 10.6 Å². The van der Waals surface area contributed by atoms with Crippen molar-refractivity contribution in [2.24, 2.45) is 0 Å². The Morgan fingerprint density at radius 1 is 1.52 bits per heavy atom. The van der Waals surface area contributed by atoms with Crippen LogP contribution in [-0.4, -0.2) is 46.9 Å². The largest absolute Gasteiger partial charge is 0.474 e. The summed E-state index contributed by atoms with van der Waals surface area (Å²) in [7, 11) is 1.64. The van der Waals surface area contributed by atoms with Crippen LogP contribution in [0.3, 0.4) is 0 Å². The van der Waals surface area contributed by atoms with Crippen LogP contribution in [-0.2, 0) is 9.59 Å². The van der Waals surface area contributed by atoms with Crippen LogP contribution in [0.1, 0.15) is 26.7 Å². The van der Waals surface area contributed by atoms with E-state index in [9.17, 15) is 9.59 Å². The van der Waals surface area contributed by atoms with Crippen LogP contribution in [0.25, 0.3) is 0 Å². The number of likely N-dealkylation sites (N-methyl/N-ethyl adjacent to an activating group) is 1. The molecule has 1 saturated heterocycles. The Labute approximate surface area is 145 Å². The number of nitrogens with zero attached hydrogens (tertiary/aromatic N) is 2. The van der Waals surface area contributed by atoms with E-state index in [0.29, 0.717) is 22.9 Å². The van der Waals surface area contributed by atoms with Crippen LogP contribution < -0.4 is 10.1 Å². The first-order valence-electron chi connectivity index (χ1n) is 7.21. The van der Waals surface area contributed by atoms with Crippen molar-refractivity contribution in [3.8, 4) is 5.88 Å². The van der Waals surface area contributed by atoms with Crippen molar-refractivity contribution in [3.05, 3.63) is 22.3 Å². The molecule has 6 nitrogen and oxygen atoms in total. The minimum atomic E-state index is -0.645. The minimum absolute atomic E-state index is 0.0173. The molecule has 2 amide bonds. The molecule has 1 aliphatic rings. The second-order valence-corrected chi connectivity index (χ2v) is 7.01. The number of pyridine rings is 1. The molecule has 2 rings (SSSR count). The third-order valence-corrected chi connectivity index (χ3v) is 4.08. The van der Waals surface area contributed by atoms with Crippen molar-refractivity contribution < 1.29 is 14.3 Å². The first-order chi connectivity index (χ1) is 10.7. The molecule has 1 aromatic rings. The summed E-state index contributed by atoms with van der Waals surface area (Å²) in [6, 6.07) is 1.11. The Bertz CT molecular complexity index is 622. The van der Waals surface area contributed by atoms with Gasteiger partial charge in [0.2, 0.25) is 17.7 Å². The van der Waals surface area contributed by atoms with Crippen LogP contribution in [0.4, 0.5) is 0 Å². The first kappa shape index (κ1) is 17.8. The number of carbonyl (C=O) groups excluding carboxylic acids is 2. The molecule has 0 radical (unpaired) electrons. The first-order valence-corrected chi connectivity index (χ1v) is 7.97. The highest BCUT2D eigenvalue weighted by molar-refractivity contribution is 6.35. The van der Waals surface area contributed by atoms with Gasteiger partial charge < -0.3 is 15.0 Å². The standard InChI is InChI=1S/C15H19Cl2N3O3/c1-15(2,8-23-14-10(17)6-9(16)7-18-14)19-13(22)11-4-5-12(21)20(11)3/h6-7,11H,4-5,8H2,1-3H3,(H,19,22). The zero-order valence-corrected chi connectivity index (χ0v) is 14.7. The maximum absolute atomic E-state index is 12.3. The molecule has 1 unspecified atom stereocenters. The predicted molar refractivity (Wildman–Crippen MR) is 87.8 cm³/mol. The minimum Gasteiger partial charge on any atom is -0.474 e. The van der Waals surface area contributed by atoms with Gasteiger partial charge in [0, 0.05) is 19.7 Å². The number of ether oxygens (including phenoxy) is 1. The molecule has 2 heterocycles. The molecule has 1 aromatic heterocycles. The summed E-state index contributed by atoms with van der Waals surface area (Å²) in [6.07, 6.45) is 2.37. The Morgan fingerprint density at radius 3 is 2.78 bits per heavy atom. The highest BCUT2D eigenvalue weighted by Gasteiger charge is 2.35. The quantitative estimate of drug-likeness (QED) is 0.875. The number of hydrogen-bond donors (Lipinski definition) is 1. The van der Waals surface area contributed by atoms with Crippen LogP contribution in [0, 0.1) is 0 Å². The molecule has 8 heteroatoms. The summed E-state index contributed by atoms with van der Waals surface area (Å²) in [5.74, 6) is 0.0463. The van der Waals surface area contributed by atoms with Gasteiger partial charge in [-0.05, 0) is 26.3 Å². The fraction of sp³-hybridized carbons (Fsp3) is 0.533. The van der Waals surface area contributed by atoms with Crippen molar-refractivity contribution in [3.63, 3.8) is 0 Å². The summed E-state index contributed by atoms with van der Waals surface area (Å²) in [5, 5.41) is 3.62. The topological polar surface area (TPSA) is 71.5 Å². The van der Waals surface area contributed by atoms with Crippen molar-refractivity contribution in [2.75, 3.05) is 13.7 Å². The van der Waals surface area contributed by atoms with Crippen LogP contribution >= 0.6 is 23.2 Å². The number of nitrogens with one attached hydrogen (secondary N) is 1. The molecule has 1 aliphatic heterocycles. The number of likely N-dealkylation sites (tertiary alicyclic amines) is 1. The zero-order chi connectivity index (χ0) is 17.2. The van der Waals surface area contributed by atoms with Crippen molar-refractivity contribution >= 4 is 35.0 Å². The van der Waals surface area contributed by atoms with Crippen LogP contribution in [0.5, 0.6) is 5.88 Å². The van der Waals surface area contributed by atoms with E-state index >= 15 is 0 Å². The highest BCUT2D eigenvalue weighted by Crippen LogP contribution is 2.25. The predicted octanol–water partition coefficient (Wildman–Crippen LogP) is 2.28. The second-order valence-electron chi connectivity index (χ2n) is 6.16. The molecule has 1 fully saturated rings. The van der Waals surface area contributed by atoms with Crippen molar-refractivity contribution in [1.82, 2.24) is 15.2 Å². The van der Waals surface area contributed by atoms with Gasteiger partial charge in [-0.15, -0.1) is 0 Å². The molecule has 0 bridgehead atoms. The van der Waals surface area contributed by atoms with Gasteiger partial charge in [0.15, 0.2) is 0 Å². The fourth-order valence-corrected chi connectivity index (χ4v) is 2.76. The number of rotatable bonds is 5. The lowest BCUT2D eigenvalue weighted by Crippen LogP contribution is -2.53. The summed E-state index contributed by atoms with van der Waals surface area (Å²) in [6.45, 7) is 3.83. The lowest BCUT2D eigenvalue weighted by atomic mass is 10.1. The lowest BCUT2D eigenvalue weighted by molar-refractivity contribution is -0.134. The smallest absolute Gasteiger partial charge is 0.243 e. The van der Waals surface area contributed by atoms with E-state index in [1.807, 2.05) is 13.8 Å². The molecule has 0 spiro atoms. The molecule has 0 aliphatic carbocycles. The molecular formula is C15H19Cl2N3O3. The molecule has 0 saturated carbocycles. The van der Waals surface area contributed by atoms with E-state index in [-0.39, 0.29) is 24.3 Å². The Kier molecular flexibility index (Phi) is 5.37. The second kappa shape index (κ2) is 6.93. The molecule has 1 N–H and O–H groups in total. The van der Waals surface area contributed by atoms with E-state index in [4.69, 9.17) is 27.9 Å². The maximum Gasteiger partial charge on any atom is 0.243 e. The van der Waals surface area contributed by atoms with Crippen LogP contribution in [0.2, 0.25) is 10.0 Å². The SMILES string of the molecule is CN1C(=O)CCC1C(=O)NC(C)(C)COc1ncc(Cl)cc1Cl. The van der Waals surface area contributed by atoms with Gasteiger partial charge >= 0.3 is 0 Å². The Morgan fingerprint density at radius 2 is 2.22 bits per heavy atom. The third-order valence-electron chi connectivity index (χ3n) is 3.60. The van der Waals surface area contributed by atoms with Gasteiger partial charge in [-0.3, -0.25) is 9.59 Å². The lowest BCUT2D eigenvalue weighted by Gasteiger charge is -2.29. The summed E-state index contributed by atoms with van der Waals surface area (Å²) in [5.41, 5.74) is -0.645. The number of hydrogen-bond acceptors (Lipinski definition) is 4. The van der Waals surface area contributed by atoms with Gasteiger partial charge in [0.25, 0.3) is 0 Å². The van der Waals surface area contributed by atoms with Crippen molar-refractivity contribution in [1.29, 1.82) is 0 Å². The average molecular weight is 360 g/mol. The van der Waals surface area contributed by atoms with Crippen molar-refractivity contribution in [2.45, 2.75) is 38.3 Å². The number of amides is 2. The number of aromatic nitrogens is 1. The monoisotopic (exact) mass is 359 g/mol. The van der Waals surface area contributed by atoms with E-state index < -0.39 is 11.6 Å². The molecule has 23 heavy (non-hydrogen) atoms. The van der Waals surface area contributed by atoms with Gasteiger partial charge in [-0.1, -0.05) is 23.2 Å². The van der Waals surface area contributed by atoms with E-state index in [0.717, 1.165) is 0 Å². The number of carbonyl (C=O) groups is 2. The fourth-order valence-electron chi connectivity index (χ4n) is 2.32. The zero-order valence-electron chi connectivity index (χ0n) is 13.2. The van der Waals surface area contributed by atoms with Crippen LogP contribution in [0.15, 0.2) is 12.3 Å². The van der Waals surface area contributed by atoms with E-state index in [1.165, 1.54) is 17.2 Å². The summed E-state index contributed by atoms with van der Waals surface area (Å²) < 4.78 is 5.57. The Balaban J connectivity index is 1.93.